The maximum atomic E-state index is 12.0. The summed E-state index contributed by atoms with van der Waals surface area (Å²) < 4.78 is 22.7. The minimum absolute atomic E-state index is 0.158. The molecule has 0 saturated carbocycles. The van der Waals surface area contributed by atoms with Crippen molar-refractivity contribution in [1.82, 2.24) is 0 Å². The number of hydrogen-bond acceptors (Lipinski definition) is 4. The lowest BCUT2D eigenvalue weighted by molar-refractivity contribution is 0.102. The molecule has 0 spiro atoms. The van der Waals surface area contributed by atoms with Gasteiger partial charge >= 0.3 is 0 Å². The molecule has 0 heterocycles. The zero-order chi connectivity index (χ0) is 15.5. The molecule has 5 nitrogen and oxygen atoms in total. The molecular weight excluding hydrogens is 288 g/mol. The van der Waals surface area contributed by atoms with E-state index < -0.39 is 9.84 Å². The first-order chi connectivity index (χ1) is 9.90. The number of nitriles is 1. The van der Waals surface area contributed by atoms with E-state index in [4.69, 9.17) is 5.26 Å². The van der Waals surface area contributed by atoms with Crippen molar-refractivity contribution in [3.05, 3.63) is 59.7 Å². The Balaban J connectivity index is 2.19. The topological polar surface area (TPSA) is 87.0 Å². The molecule has 0 saturated heterocycles. The summed E-state index contributed by atoms with van der Waals surface area (Å²) in [5.41, 5.74) is 1.29. The summed E-state index contributed by atoms with van der Waals surface area (Å²) in [6.45, 7) is 0. The van der Waals surface area contributed by atoms with Gasteiger partial charge in [0.25, 0.3) is 5.91 Å². The van der Waals surface area contributed by atoms with E-state index in [0.29, 0.717) is 16.8 Å². The third-order valence-corrected chi connectivity index (χ3v) is 3.92. The second-order valence-electron chi connectivity index (χ2n) is 4.44. The van der Waals surface area contributed by atoms with Crippen LogP contribution in [0.3, 0.4) is 0 Å². The quantitative estimate of drug-likeness (QED) is 0.941. The fourth-order valence-corrected chi connectivity index (χ4v) is 2.35. The molecule has 0 radical (unpaired) electrons. The largest absolute Gasteiger partial charge is 0.322 e. The SMILES string of the molecule is CS(=O)(=O)c1ccc(C(=O)Nc2cccc(C#N)c2)cc1. The Morgan fingerprint density at radius 2 is 1.81 bits per heavy atom. The molecule has 0 unspecified atom stereocenters. The van der Waals surface area contributed by atoms with Crippen LogP contribution in [0.15, 0.2) is 53.4 Å². The molecule has 6 heteroatoms. The van der Waals surface area contributed by atoms with Gasteiger partial charge in [0, 0.05) is 17.5 Å². The number of carbonyl (C=O) groups excluding carboxylic acids is 1. The van der Waals surface area contributed by atoms with Crippen molar-refractivity contribution in [1.29, 1.82) is 5.26 Å². The predicted octanol–water partition coefficient (Wildman–Crippen LogP) is 2.21. The minimum atomic E-state index is -3.28. The Labute approximate surface area is 122 Å². The molecule has 0 aliphatic rings. The molecule has 0 atom stereocenters. The molecule has 1 N–H and O–H groups in total. The van der Waals surface area contributed by atoms with E-state index in [9.17, 15) is 13.2 Å². The van der Waals surface area contributed by atoms with E-state index >= 15 is 0 Å². The summed E-state index contributed by atoms with van der Waals surface area (Å²) in [5, 5.41) is 11.5. The number of nitrogens with zero attached hydrogens (tertiary/aromatic N) is 1. The Bertz CT molecular complexity index is 819. The molecule has 2 rings (SSSR count). The van der Waals surface area contributed by atoms with Crippen molar-refractivity contribution >= 4 is 21.4 Å². The van der Waals surface area contributed by atoms with Crippen LogP contribution in [0, 0.1) is 11.3 Å². The summed E-state index contributed by atoms with van der Waals surface area (Å²) in [6.07, 6.45) is 1.11. The van der Waals surface area contributed by atoms with Crippen molar-refractivity contribution in [2.24, 2.45) is 0 Å². The highest BCUT2D eigenvalue weighted by Gasteiger charge is 2.10. The molecule has 21 heavy (non-hydrogen) atoms. The van der Waals surface area contributed by atoms with Crippen LogP contribution in [-0.4, -0.2) is 20.6 Å². The van der Waals surface area contributed by atoms with Crippen LogP contribution < -0.4 is 5.32 Å². The van der Waals surface area contributed by atoms with Crippen molar-refractivity contribution in [3.63, 3.8) is 0 Å². The van der Waals surface area contributed by atoms with Crippen LogP contribution in [0.2, 0.25) is 0 Å². The van der Waals surface area contributed by atoms with E-state index in [0.717, 1.165) is 6.26 Å². The van der Waals surface area contributed by atoms with Gasteiger partial charge in [-0.05, 0) is 42.5 Å². The van der Waals surface area contributed by atoms with Gasteiger partial charge in [0.1, 0.15) is 0 Å². The number of sulfone groups is 1. The van der Waals surface area contributed by atoms with Gasteiger partial charge in [-0.1, -0.05) is 6.07 Å². The average molecular weight is 300 g/mol. The van der Waals surface area contributed by atoms with Crippen molar-refractivity contribution in [2.75, 3.05) is 11.6 Å². The Morgan fingerprint density at radius 1 is 1.14 bits per heavy atom. The first-order valence-electron chi connectivity index (χ1n) is 6.02. The predicted molar refractivity (Wildman–Crippen MR) is 78.7 cm³/mol. The van der Waals surface area contributed by atoms with Crippen LogP contribution in [0.5, 0.6) is 0 Å². The van der Waals surface area contributed by atoms with Crippen LogP contribution >= 0.6 is 0 Å². The highest BCUT2D eigenvalue weighted by atomic mass is 32.2. The smallest absolute Gasteiger partial charge is 0.255 e. The lowest BCUT2D eigenvalue weighted by Crippen LogP contribution is -2.12. The number of amides is 1. The van der Waals surface area contributed by atoms with Gasteiger partial charge in [0.05, 0.1) is 16.5 Å². The molecular formula is C15H12N2O3S. The number of carbonyl (C=O) groups is 1. The van der Waals surface area contributed by atoms with Crippen LogP contribution in [0.4, 0.5) is 5.69 Å². The van der Waals surface area contributed by atoms with Gasteiger partial charge in [-0.25, -0.2) is 8.42 Å². The lowest BCUT2D eigenvalue weighted by atomic mass is 10.2. The van der Waals surface area contributed by atoms with Crippen molar-refractivity contribution in [2.45, 2.75) is 4.90 Å². The van der Waals surface area contributed by atoms with Gasteiger partial charge in [0.2, 0.25) is 0 Å². The van der Waals surface area contributed by atoms with Crippen molar-refractivity contribution in [3.8, 4) is 6.07 Å². The van der Waals surface area contributed by atoms with Crippen LogP contribution in [-0.2, 0) is 9.84 Å². The van der Waals surface area contributed by atoms with Gasteiger partial charge in [-0.2, -0.15) is 5.26 Å². The van der Waals surface area contributed by atoms with E-state index in [1.807, 2.05) is 6.07 Å². The molecule has 1 amide bonds. The maximum absolute atomic E-state index is 12.0. The highest BCUT2D eigenvalue weighted by molar-refractivity contribution is 7.90. The van der Waals surface area contributed by atoms with Crippen molar-refractivity contribution < 1.29 is 13.2 Å². The molecule has 0 aliphatic heterocycles. The van der Waals surface area contributed by atoms with E-state index in [2.05, 4.69) is 5.32 Å². The molecule has 2 aromatic rings. The van der Waals surface area contributed by atoms with Crippen LogP contribution in [0.25, 0.3) is 0 Å². The number of hydrogen-bond donors (Lipinski definition) is 1. The Morgan fingerprint density at radius 3 is 2.38 bits per heavy atom. The average Bonchev–Trinajstić information content (AvgIpc) is 2.46. The van der Waals surface area contributed by atoms with E-state index in [1.54, 1.807) is 24.3 Å². The highest BCUT2D eigenvalue weighted by Crippen LogP contribution is 2.14. The molecule has 106 valence electrons. The summed E-state index contributed by atoms with van der Waals surface area (Å²) in [4.78, 5) is 12.2. The molecule has 0 bridgehead atoms. The number of nitrogens with one attached hydrogen (secondary N) is 1. The zero-order valence-corrected chi connectivity index (χ0v) is 12.0. The Kier molecular flexibility index (Phi) is 4.05. The van der Waals surface area contributed by atoms with Gasteiger partial charge < -0.3 is 5.32 Å². The van der Waals surface area contributed by atoms with Crippen LogP contribution in [0.1, 0.15) is 15.9 Å². The normalized spacial score (nSPS) is 10.7. The first-order valence-corrected chi connectivity index (χ1v) is 7.91. The molecule has 0 fully saturated rings. The third kappa shape index (κ3) is 3.68. The van der Waals surface area contributed by atoms with Gasteiger partial charge in [-0.3, -0.25) is 4.79 Å². The molecule has 0 aromatic heterocycles. The maximum Gasteiger partial charge on any atom is 0.255 e. The first kappa shape index (κ1) is 14.8. The number of rotatable bonds is 3. The monoisotopic (exact) mass is 300 g/mol. The fourth-order valence-electron chi connectivity index (χ4n) is 1.72. The third-order valence-electron chi connectivity index (χ3n) is 2.79. The van der Waals surface area contributed by atoms with E-state index in [1.165, 1.54) is 24.3 Å². The number of benzene rings is 2. The van der Waals surface area contributed by atoms with Gasteiger partial charge in [-0.15, -0.1) is 0 Å². The molecule has 2 aromatic carbocycles. The Hall–Kier alpha value is -2.65. The summed E-state index contributed by atoms with van der Waals surface area (Å²) in [5.74, 6) is -0.370. The second-order valence-corrected chi connectivity index (χ2v) is 6.46. The zero-order valence-electron chi connectivity index (χ0n) is 11.2. The summed E-state index contributed by atoms with van der Waals surface area (Å²) in [6, 6.07) is 14.2. The van der Waals surface area contributed by atoms with E-state index in [-0.39, 0.29) is 10.8 Å². The summed E-state index contributed by atoms with van der Waals surface area (Å²) >= 11 is 0. The summed E-state index contributed by atoms with van der Waals surface area (Å²) in [7, 11) is -3.28. The lowest BCUT2D eigenvalue weighted by Gasteiger charge is -2.06. The standard InChI is InChI=1S/C15H12N2O3S/c1-21(19,20)14-7-5-12(6-8-14)15(18)17-13-4-2-3-11(9-13)10-16/h2-9H,1H3,(H,17,18). The second kappa shape index (κ2) is 5.77. The van der Waals surface area contributed by atoms with Gasteiger partial charge in [0.15, 0.2) is 9.84 Å². The molecule has 0 aliphatic carbocycles. The minimum Gasteiger partial charge on any atom is -0.322 e. The fraction of sp³-hybridized carbons (Fsp3) is 0.0667. The number of anilines is 1.